The minimum absolute atomic E-state index is 0.629. The molecule has 0 amide bonds. The van der Waals surface area contributed by atoms with Crippen LogP contribution in [0.25, 0.3) is 17.1 Å². The van der Waals surface area contributed by atoms with Gasteiger partial charge in [-0.25, -0.2) is 4.57 Å². The molecule has 2 aliphatic rings. The summed E-state index contributed by atoms with van der Waals surface area (Å²) in [4.78, 5) is 0. The quantitative estimate of drug-likeness (QED) is 0.389. The first-order chi connectivity index (χ1) is 15.3. The molecule has 0 saturated heterocycles. The van der Waals surface area contributed by atoms with E-state index in [1.54, 1.807) is 5.69 Å². The smallest absolute Gasteiger partial charge is 0.224 e. The summed E-state index contributed by atoms with van der Waals surface area (Å²) in [6, 6.07) is 20.7. The minimum atomic E-state index is 0.629. The number of rotatable bonds is 4. The average molecular weight is 414 g/mol. The van der Waals surface area contributed by atoms with E-state index < -0.39 is 0 Å². The Kier molecular flexibility index (Phi) is 5.98. The van der Waals surface area contributed by atoms with Crippen molar-refractivity contribution in [3.63, 3.8) is 0 Å². The molecule has 0 unspecified atom stereocenters. The molecular formula is C29H37N2+. The van der Waals surface area contributed by atoms with Gasteiger partial charge in [-0.3, -0.25) is 0 Å². The van der Waals surface area contributed by atoms with Crippen LogP contribution in [-0.2, 0) is 0 Å². The zero-order valence-electron chi connectivity index (χ0n) is 19.3. The van der Waals surface area contributed by atoms with Gasteiger partial charge in [0.25, 0.3) is 5.82 Å². The van der Waals surface area contributed by atoms with E-state index in [4.69, 9.17) is 0 Å². The van der Waals surface area contributed by atoms with Gasteiger partial charge in [-0.1, -0.05) is 62.1 Å². The van der Waals surface area contributed by atoms with E-state index in [0.29, 0.717) is 12.0 Å². The van der Waals surface area contributed by atoms with Crippen LogP contribution < -0.4 is 4.57 Å². The van der Waals surface area contributed by atoms with E-state index >= 15 is 0 Å². The highest BCUT2D eigenvalue weighted by Gasteiger charge is 2.39. The van der Waals surface area contributed by atoms with Crippen molar-refractivity contribution in [3.05, 3.63) is 71.5 Å². The Morgan fingerprint density at radius 3 is 2.00 bits per heavy atom. The largest absolute Gasteiger partial charge is 0.294 e. The number of para-hydroxylation sites is 1. The monoisotopic (exact) mass is 413 g/mol. The molecule has 162 valence electrons. The van der Waals surface area contributed by atoms with Crippen LogP contribution in [0.1, 0.15) is 93.1 Å². The molecule has 0 N–H and O–H groups in total. The van der Waals surface area contributed by atoms with E-state index in [9.17, 15) is 0 Å². The SMILES string of the molecule is Cc1ccccc1-n1c(C)c(C2CCCCC2)[n+](C2CCCCC2)c1-c1ccccc1. The lowest BCUT2D eigenvalue weighted by atomic mass is 9.85. The topological polar surface area (TPSA) is 8.81 Å². The molecule has 1 aromatic heterocycles. The molecule has 2 nitrogen and oxygen atoms in total. The van der Waals surface area contributed by atoms with Crippen LogP contribution in [0.2, 0.25) is 0 Å². The van der Waals surface area contributed by atoms with Crippen LogP contribution in [0.15, 0.2) is 54.6 Å². The predicted molar refractivity (Wildman–Crippen MR) is 129 cm³/mol. The summed E-state index contributed by atoms with van der Waals surface area (Å²) in [5.41, 5.74) is 7.13. The zero-order chi connectivity index (χ0) is 21.2. The number of benzene rings is 2. The highest BCUT2D eigenvalue weighted by atomic mass is 15.2. The Balaban J connectivity index is 1.81. The molecule has 2 saturated carbocycles. The van der Waals surface area contributed by atoms with Crippen LogP contribution in [0.5, 0.6) is 0 Å². The number of aryl methyl sites for hydroxylation is 1. The Bertz CT molecular complexity index is 1020. The van der Waals surface area contributed by atoms with E-state index in [0.717, 1.165) is 0 Å². The zero-order valence-corrected chi connectivity index (χ0v) is 19.3. The summed E-state index contributed by atoms with van der Waals surface area (Å²) in [7, 11) is 0. The second kappa shape index (κ2) is 9.02. The molecule has 0 atom stereocenters. The van der Waals surface area contributed by atoms with E-state index in [-0.39, 0.29) is 0 Å². The standard InChI is InChI=1S/C29H37N2/c1-22-14-12-13-21-27(22)30-23(2)28(24-15-6-3-7-16-24)31(26-19-10-5-11-20-26)29(30)25-17-8-4-9-18-25/h4,8-9,12-14,17-18,21,24,26H,3,5-7,10-11,15-16,19-20H2,1-2H3/q+1. The van der Waals surface area contributed by atoms with Crippen molar-refractivity contribution in [1.29, 1.82) is 0 Å². The van der Waals surface area contributed by atoms with Crippen LogP contribution in [0, 0.1) is 13.8 Å². The molecule has 2 heteroatoms. The molecule has 0 spiro atoms. The maximum absolute atomic E-state index is 2.83. The molecule has 0 aliphatic heterocycles. The van der Waals surface area contributed by atoms with Gasteiger partial charge in [0.1, 0.15) is 23.1 Å². The molecule has 3 aromatic rings. The van der Waals surface area contributed by atoms with Crippen molar-refractivity contribution >= 4 is 0 Å². The summed E-state index contributed by atoms with van der Waals surface area (Å²) >= 11 is 0. The average Bonchev–Trinajstić information content (AvgIpc) is 3.14. The van der Waals surface area contributed by atoms with Gasteiger partial charge in [-0.05, 0) is 69.2 Å². The van der Waals surface area contributed by atoms with Gasteiger partial charge in [-0.2, -0.15) is 4.57 Å². The fraction of sp³-hybridized carbons (Fsp3) is 0.483. The summed E-state index contributed by atoms with van der Waals surface area (Å²) < 4.78 is 5.43. The molecule has 2 aromatic carbocycles. The summed E-state index contributed by atoms with van der Waals surface area (Å²) in [6.07, 6.45) is 13.6. The van der Waals surface area contributed by atoms with Gasteiger partial charge < -0.3 is 0 Å². The molecule has 0 bridgehead atoms. The maximum atomic E-state index is 2.83. The van der Waals surface area contributed by atoms with Gasteiger partial charge in [0.2, 0.25) is 0 Å². The molecule has 5 rings (SSSR count). The molecule has 2 fully saturated rings. The minimum Gasteiger partial charge on any atom is -0.224 e. The molecule has 1 heterocycles. The van der Waals surface area contributed by atoms with Gasteiger partial charge in [0, 0.05) is 12.8 Å². The first-order valence-corrected chi connectivity index (χ1v) is 12.5. The molecule has 2 aliphatic carbocycles. The highest BCUT2D eigenvalue weighted by Crippen LogP contribution is 2.39. The number of hydrogen-bond acceptors (Lipinski definition) is 0. The summed E-state index contributed by atoms with van der Waals surface area (Å²) in [5.74, 6) is 2.10. The van der Waals surface area contributed by atoms with Crippen LogP contribution in [0.3, 0.4) is 0 Å². The number of nitrogens with zero attached hydrogens (tertiary/aromatic N) is 2. The lowest BCUT2D eigenvalue weighted by Crippen LogP contribution is -2.46. The van der Waals surface area contributed by atoms with E-state index in [1.807, 2.05) is 0 Å². The first kappa shape index (κ1) is 20.5. The fourth-order valence-electron chi connectivity index (χ4n) is 6.21. The van der Waals surface area contributed by atoms with Gasteiger partial charge >= 0.3 is 0 Å². The lowest BCUT2D eigenvalue weighted by Gasteiger charge is -2.26. The van der Waals surface area contributed by atoms with Gasteiger partial charge in [0.05, 0.1) is 5.56 Å². The van der Waals surface area contributed by atoms with Crippen LogP contribution >= 0.6 is 0 Å². The highest BCUT2D eigenvalue weighted by molar-refractivity contribution is 5.59. The van der Waals surface area contributed by atoms with E-state index in [1.165, 1.54) is 92.5 Å². The Morgan fingerprint density at radius 1 is 0.710 bits per heavy atom. The van der Waals surface area contributed by atoms with Gasteiger partial charge in [-0.15, -0.1) is 0 Å². The van der Waals surface area contributed by atoms with Crippen LogP contribution in [0.4, 0.5) is 0 Å². The van der Waals surface area contributed by atoms with Crippen molar-refractivity contribution in [2.45, 2.75) is 90.0 Å². The van der Waals surface area contributed by atoms with Gasteiger partial charge in [0.15, 0.2) is 0 Å². The summed E-state index contributed by atoms with van der Waals surface area (Å²) in [6.45, 7) is 4.65. The van der Waals surface area contributed by atoms with Crippen molar-refractivity contribution in [2.24, 2.45) is 0 Å². The normalized spacial score (nSPS) is 18.4. The first-order valence-electron chi connectivity index (χ1n) is 12.5. The Hall–Kier alpha value is -2.35. The van der Waals surface area contributed by atoms with Crippen LogP contribution in [-0.4, -0.2) is 4.57 Å². The third-order valence-electron chi connectivity index (χ3n) is 7.73. The lowest BCUT2D eigenvalue weighted by molar-refractivity contribution is -0.722. The number of aromatic nitrogens is 2. The third kappa shape index (κ3) is 3.86. The van der Waals surface area contributed by atoms with Crippen molar-refractivity contribution in [2.75, 3.05) is 0 Å². The number of imidazole rings is 1. The van der Waals surface area contributed by atoms with Crippen molar-refractivity contribution in [3.8, 4) is 17.1 Å². The molecular weight excluding hydrogens is 376 g/mol. The number of hydrogen-bond donors (Lipinski definition) is 0. The second-order valence-corrected chi connectivity index (χ2v) is 9.78. The third-order valence-corrected chi connectivity index (χ3v) is 7.73. The fourth-order valence-corrected chi connectivity index (χ4v) is 6.21. The van der Waals surface area contributed by atoms with E-state index in [2.05, 4.69) is 77.6 Å². The summed E-state index contributed by atoms with van der Waals surface area (Å²) in [5, 5.41) is 0. The predicted octanol–water partition coefficient (Wildman–Crippen LogP) is 7.60. The van der Waals surface area contributed by atoms with Crippen molar-refractivity contribution in [1.82, 2.24) is 4.57 Å². The second-order valence-electron chi connectivity index (χ2n) is 9.78. The maximum Gasteiger partial charge on any atom is 0.294 e. The molecule has 0 radical (unpaired) electrons. The molecule has 31 heavy (non-hydrogen) atoms. The van der Waals surface area contributed by atoms with Crippen molar-refractivity contribution < 1.29 is 4.57 Å². The Labute approximate surface area is 187 Å². The Morgan fingerprint density at radius 2 is 1.32 bits per heavy atom.